The summed E-state index contributed by atoms with van der Waals surface area (Å²) in [6.07, 6.45) is 1.76. The van der Waals surface area contributed by atoms with Gasteiger partial charge in [-0.05, 0) is 42.0 Å². The molecule has 2 aliphatic rings. The van der Waals surface area contributed by atoms with Crippen molar-refractivity contribution >= 4 is 28.9 Å². The third kappa shape index (κ3) is 3.51. The third-order valence-corrected chi connectivity index (χ3v) is 5.78. The van der Waals surface area contributed by atoms with Gasteiger partial charge in [0.15, 0.2) is 0 Å². The van der Waals surface area contributed by atoms with Crippen molar-refractivity contribution in [1.29, 1.82) is 0 Å². The van der Waals surface area contributed by atoms with Gasteiger partial charge < -0.3 is 9.80 Å². The maximum absolute atomic E-state index is 13.5. The molecule has 1 fully saturated rings. The second-order valence-corrected chi connectivity index (χ2v) is 7.67. The number of nitrogens with zero attached hydrogens (tertiary/aromatic N) is 4. The van der Waals surface area contributed by atoms with Crippen molar-refractivity contribution in [1.82, 2.24) is 9.88 Å². The molecule has 0 N–H and O–H groups in total. The molecule has 0 spiro atoms. The normalized spacial score (nSPS) is 16.8. The number of carbonyl (C=O) groups is 2. The molecule has 0 bridgehead atoms. The number of benzene rings is 2. The van der Waals surface area contributed by atoms with E-state index in [1.54, 1.807) is 42.6 Å². The summed E-state index contributed by atoms with van der Waals surface area (Å²) in [5, 5.41) is 0. The quantitative estimate of drug-likeness (QED) is 0.597. The van der Waals surface area contributed by atoms with Crippen molar-refractivity contribution in [3.8, 4) is 0 Å². The summed E-state index contributed by atoms with van der Waals surface area (Å²) in [4.78, 5) is 36.7. The Labute approximate surface area is 185 Å². The van der Waals surface area contributed by atoms with E-state index in [2.05, 4.69) is 9.88 Å². The van der Waals surface area contributed by atoms with Crippen LogP contribution in [0.4, 0.5) is 15.9 Å². The van der Waals surface area contributed by atoms with E-state index in [1.807, 2.05) is 29.2 Å². The van der Waals surface area contributed by atoms with Crippen molar-refractivity contribution < 1.29 is 14.0 Å². The van der Waals surface area contributed by atoms with Crippen LogP contribution in [-0.2, 0) is 9.59 Å². The first kappa shape index (κ1) is 19.9. The van der Waals surface area contributed by atoms with Gasteiger partial charge in [-0.1, -0.05) is 36.4 Å². The number of hydrogen-bond donors (Lipinski definition) is 0. The molecule has 7 heteroatoms. The van der Waals surface area contributed by atoms with E-state index in [4.69, 9.17) is 0 Å². The van der Waals surface area contributed by atoms with E-state index in [9.17, 15) is 14.0 Å². The minimum Gasteiger partial charge on any atom is -0.363 e. The van der Waals surface area contributed by atoms with Gasteiger partial charge in [-0.3, -0.25) is 9.59 Å². The number of piperazine rings is 1. The fourth-order valence-electron chi connectivity index (χ4n) is 4.20. The van der Waals surface area contributed by atoms with Crippen LogP contribution in [0.15, 0.2) is 84.7 Å². The Balaban J connectivity index is 1.50. The number of imide groups is 1. The molecule has 1 aromatic heterocycles. The highest BCUT2D eigenvalue weighted by Crippen LogP contribution is 2.35. The highest BCUT2D eigenvalue weighted by Gasteiger charge is 2.43. The molecule has 6 nitrogen and oxygen atoms in total. The molecule has 32 heavy (non-hydrogen) atoms. The second kappa shape index (κ2) is 8.26. The smallest absolute Gasteiger partial charge is 0.282 e. The van der Waals surface area contributed by atoms with Crippen LogP contribution in [0.5, 0.6) is 0 Å². The van der Waals surface area contributed by atoms with Crippen LogP contribution in [0.1, 0.15) is 5.56 Å². The number of pyridine rings is 1. The fourth-order valence-corrected chi connectivity index (χ4v) is 4.20. The summed E-state index contributed by atoms with van der Waals surface area (Å²) in [6, 6.07) is 20.4. The summed E-state index contributed by atoms with van der Waals surface area (Å²) >= 11 is 0. The first-order valence-electron chi connectivity index (χ1n) is 10.5. The van der Waals surface area contributed by atoms with E-state index in [-0.39, 0.29) is 5.91 Å². The van der Waals surface area contributed by atoms with Crippen LogP contribution in [0, 0.1) is 5.82 Å². The molecule has 2 aromatic carbocycles. The number of anilines is 2. The molecule has 3 aromatic rings. The van der Waals surface area contributed by atoms with Gasteiger partial charge in [-0.15, -0.1) is 0 Å². The Morgan fingerprint density at radius 2 is 1.38 bits per heavy atom. The predicted molar refractivity (Wildman–Crippen MR) is 120 cm³/mol. The fraction of sp³-hybridized carbons (Fsp3) is 0.160. The Kier molecular flexibility index (Phi) is 5.15. The highest BCUT2D eigenvalue weighted by molar-refractivity contribution is 6.45. The van der Waals surface area contributed by atoms with Gasteiger partial charge in [0.2, 0.25) is 0 Å². The van der Waals surface area contributed by atoms with Gasteiger partial charge in [0.1, 0.15) is 17.3 Å². The Bertz CT molecular complexity index is 1170. The molecule has 0 unspecified atom stereocenters. The molecule has 0 atom stereocenters. The summed E-state index contributed by atoms with van der Waals surface area (Å²) in [7, 11) is 0. The van der Waals surface area contributed by atoms with Crippen molar-refractivity contribution in [2.45, 2.75) is 0 Å². The first-order chi connectivity index (χ1) is 15.6. The van der Waals surface area contributed by atoms with Crippen LogP contribution >= 0.6 is 0 Å². The standard InChI is InChI=1S/C25H21FN4O2/c26-19-11-9-18(10-12-19)22-23(25(32)30(24(22)31)20-6-2-1-3-7-20)29-16-14-28(15-17-29)21-8-4-5-13-27-21/h1-13H,14-17H2. The molecule has 1 saturated heterocycles. The SMILES string of the molecule is O=C1C(c2ccc(F)cc2)=C(N2CCN(c3ccccn3)CC2)C(=O)N1c1ccccc1. The van der Waals surface area contributed by atoms with E-state index < -0.39 is 11.7 Å². The maximum Gasteiger partial charge on any atom is 0.282 e. The number of aromatic nitrogens is 1. The molecular weight excluding hydrogens is 407 g/mol. The summed E-state index contributed by atoms with van der Waals surface area (Å²) < 4.78 is 13.5. The van der Waals surface area contributed by atoms with E-state index in [0.717, 1.165) is 5.82 Å². The van der Waals surface area contributed by atoms with Crippen molar-refractivity contribution in [2.24, 2.45) is 0 Å². The summed E-state index contributed by atoms with van der Waals surface area (Å²) in [6.45, 7) is 2.48. The van der Waals surface area contributed by atoms with Gasteiger partial charge in [0, 0.05) is 32.4 Å². The Morgan fingerprint density at radius 1 is 0.719 bits per heavy atom. The van der Waals surface area contributed by atoms with Crippen molar-refractivity contribution in [3.05, 3.63) is 96.1 Å². The van der Waals surface area contributed by atoms with Gasteiger partial charge in [-0.25, -0.2) is 14.3 Å². The largest absolute Gasteiger partial charge is 0.363 e. The average molecular weight is 428 g/mol. The number of para-hydroxylation sites is 1. The molecule has 160 valence electrons. The van der Waals surface area contributed by atoms with Crippen LogP contribution in [0.3, 0.4) is 0 Å². The molecule has 2 aliphatic heterocycles. The number of halogens is 1. The second-order valence-electron chi connectivity index (χ2n) is 7.67. The van der Waals surface area contributed by atoms with E-state index in [1.165, 1.54) is 17.0 Å². The predicted octanol–water partition coefficient (Wildman–Crippen LogP) is 3.33. The summed E-state index contributed by atoms with van der Waals surface area (Å²) in [5.74, 6) is -0.252. The van der Waals surface area contributed by atoms with Gasteiger partial charge >= 0.3 is 0 Å². The zero-order valence-corrected chi connectivity index (χ0v) is 17.3. The van der Waals surface area contributed by atoms with Crippen LogP contribution in [-0.4, -0.2) is 47.9 Å². The van der Waals surface area contributed by atoms with Gasteiger partial charge in [0.05, 0.1) is 11.3 Å². The van der Waals surface area contributed by atoms with Gasteiger partial charge in [-0.2, -0.15) is 0 Å². The lowest BCUT2D eigenvalue weighted by Crippen LogP contribution is -2.48. The zero-order valence-electron chi connectivity index (χ0n) is 17.3. The molecule has 3 heterocycles. The van der Waals surface area contributed by atoms with Crippen LogP contribution in [0.2, 0.25) is 0 Å². The lowest BCUT2D eigenvalue weighted by atomic mass is 10.0. The summed E-state index contributed by atoms with van der Waals surface area (Å²) in [5.41, 5.74) is 1.73. The molecular formula is C25H21FN4O2. The van der Waals surface area contributed by atoms with Crippen molar-refractivity contribution in [2.75, 3.05) is 36.0 Å². The highest BCUT2D eigenvalue weighted by atomic mass is 19.1. The van der Waals surface area contributed by atoms with Crippen LogP contribution < -0.4 is 9.80 Å². The topological polar surface area (TPSA) is 56.8 Å². The monoisotopic (exact) mass is 428 g/mol. The number of carbonyl (C=O) groups excluding carboxylic acids is 2. The first-order valence-corrected chi connectivity index (χ1v) is 10.5. The lowest BCUT2D eigenvalue weighted by molar-refractivity contribution is -0.120. The molecule has 0 radical (unpaired) electrons. The maximum atomic E-state index is 13.5. The lowest BCUT2D eigenvalue weighted by Gasteiger charge is -2.37. The number of hydrogen-bond acceptors (Lipinski definition) is 5. The minimum atomic E-state index is -0.394. The Morgan fingerprint density at radius 3 is 2.03 bits per heavy atom. The minimum absolute atomic E-state index is 0.310. The molecule has 5 rings (SSSR count). The molecule has 0 aliphatic carbocycles. The van der Waals surface area contributed by atoms with Crippen LogP contribution in [0.25, 0.3) is 5.57 Å². The van der Waals surface area contributed by atoms with E-state index in [0.29, 0.717) is 48.7 Å². The average Bonchev–Trinajstić information content (AvgIpc) is 3.10. The molecule has 2 amide bonds. The molecule has 0 saturated carbocycles. The van der Waals surface area contributed by atoms with Gasteiger partial charge in [0.25, 0.3) is 11.8 Å². The van der Waals surface area contributed by atoms with E-state index >= 15 is 0 Å². The van der Waals surface area contributed by atoms with Crippen molar-refractivity contribution in [3.63, 3.8) is 0 Å². The Hall–Kier alpha value is -4.00. The number of amides is 2. The third-order valence-electron chi connectivity index (χ3n) is 5.78. The zero-order chi connectivity index (χ0) is 22.1. The number of rotatable bonds is 4.